The van der Waals surface area contributed by atoms with Crippen molar-refractivity contribution in [1.82, 2.24) is 0 Å². The van der Waals surface area contributed by atoms with Crippen LogP contribution in [0.3, 0.4) is 0 Å². The first kappa shape index (κ1) is 14.1. The molecule has 0 aliphatic heterocycles. The molecule has 2 rings (SSSR count). The monoisotopic (exact) mass is 268 g/mol. The van der Waals surface area contributed by atoms with Crippen molar-refractivity contribution >= 4 is 14.1 Å². The Kier molecular flexibility index (Phi) is 4.59. The fourth-order valence-electron chi connectivity index (χ4n) is 2.28. The van der Waals surface area contributed by atoms with Crippen molar-refractivity contribution in [1.29, 1.82) is 0 Å². The average molecular weight is 268 g/mol. The molecule has 1 aliphatic carbocycles. The molecule has 0 saturated heterocycles. The van der Waals surface area contributed by atoms with Crippen LogP contribution in [0.1, 0.15) is 24.8 Å². The van der Waals surface area contributed by atoms with Crippen LogP contribution in [0.2, 0.25) is 19.6 Å². The maximum atomic E-state index is 2.46. The van der Waals surface area contributed by atoms with Gasteiger partial charge in [-0.15, -0.1) is 0 Å². The van der Waals surface area contributed by atoms with Crippen molar-refractivity contribution in [3.63, 3.8) is 0 Å². The van der Waals surface area contributed by atoms with Gasteiger partial charge in [-0.3, -0.25) is 0 Å². The zero-order valence-corrected chi connectivity index (χ0v) is 13.3. The van der Waals surface area contributed by atoms with Crippen molar-refractivity contribution in [3.05, 3.63) is 64.9 Å². The molecule has 0 N–H and O–H groups in total. The summed E-state index contributed by atoms with van der Waals surface area (Å²) in [4.78, 5) is 0. The van der Waals surface area contributed by atoms with E-state index in [0.29, 0.717) is 0 Å². The van der Waals surface area contributed by atoms with Gasteiger partial charge in [0.1, 0.15) is 0 Å². The van der Waals surface area contributed by atoms with Crippen LogP contribution in [0.15, 0.2) is 59.3 Å². The van der Waals surface area contributed by atoms with Crippen LogP contribution < -0.4 is 0 Å². The van der Waals surface area contributed by atoms with Crippen LogP contribution in [0.5, 0.6) is 0 Å². The normalized spacial score (nSPS) is 17.0. The maximum Gasteiger partial charge on any atom is 0.0687 e. The fourth-order valence-corrected chi connectivity index (χ4v) is 2.98. The second-order valence-corrected chi connectivity index (χ2v) is 11.4. The Labute approximate surface area is 118 Å². The summed E-state index contributed by atoms with van der Waals surface area (Å²) >= 11 is 0. The minimum Gasteiger partial charge on any atom is -0.0947 e. The quantitative estimate of drug-likeness (QED) is 0.622. The molecule has 1 heteroatoms. The van der Waals surface area contributed by atoms with Crippen LogP contribution in [0.4, 0.5) is 0 Å². The molecule has 0 aromatic heterocycles. The van der Waals surface area contributed by atoms with E-state index >= 15 is 0 Å². The Morgan fingerprint density at radius 1 is 0.842 bits per heavy atom. The van der Waals surface area contributed by atoms with Gasteiger partial charge in [0.15, 0.2) is 0 Å². The number of hydrogen-bond donors (Lipinski definition) is 0. The van der Waals surface area contributed by atoms with E-state index in [0.717, 1.165) is 0 Å². The molecule has 0 radical (unpaired) electrons. The highest BCUT2D eigenvalue weighted by Gasteiger charge is 2.12. The zero-order chi connectivity index (χ0) is 13.7. The number of hydrogen-bond acceptors (Lipinski definition) is 0. The smallest absolute Gasteiger partial charge is 0.0687 e. The van der Waals surface area contributed by atoms with Gasteiger partial charge in [0.05, 0.1) is 8.07 Å². The largest absolute Gasteiger partial charge is 0.0947 e. The first-order valence-corrected chi connectivity index (χ1v) is 10.8. The Morgan fingerprint density at radius 3 is 2.11 bits per heavy atom. The molecule has 0 fully saturated rings. The molecule has 0 heterocycles. The summed E-state index contributed by atoms with van der Waals surface area (Å²) < 4.78 is 0. The van der Waals surface area contributed by atoms with Gasteiger partial charge in [-0.05, 0) is 36.0 Å². The van der Waals surface area contributed by atoms with Crippen molar-refractivity contribution in [2.75, 3.05) is 0 Å². The summed E-state index contributed by atoms with van der Waals surface area (Å²) in [5.74, 6) is 0. The van der Waals surface area contributed by atoms with Crippen LogP contribution in [-0.2, 0) is 0 Å². The number of allylic oxidation sites excluding steroid dienone is 4. The average Bonchev–Trinajstić information content (AvgIpc) is 2.82. The third kappa shape index (κ3) is 4.68. The first-order chi connectivity index (χ1) is 9.04. The Balaban J connectivity index is 2.13. The highest BCUT2D eigenvalue weighted by Crippen LogP contribution is 2.28. The van der Waals surface area contributed by atoms with E-state index in [9.17, 15) is 0 Å². The third-order valence-corrected chi connectivity index (χ3v) is 4.53. The second kappa shape index (κ2) is 6.20. The molecule has 0 nitrogen and oxygen atoms in total. The van der Waals surface area contributed by atoms with E-state index in [2.05, 4.69) is 73.9 Å². The van der Waals surface area contributed by atoms with E-state index in [-0.39, 0.29) is 0 Å². The first-order valence-electron chi connectivity index (χ1n) is 7.19. The standard InChI is InChI=1S/C18H24Si/c1-19(2,3)15-14-18-11-7-10-17(18)13-12-16-8-5-4-6-9-16/h4-6,8-9,12-15H,7,10-11H2,1-3H3/b13-12+,15-14+. The van der Waals surface area contributed by atoms with Crippen LogP contribution in [0.25, 0.3) is 6.08 Å². The molecule has 0 saturated carbocycles. The summed E-state index contributed by atoms with van der Waals surface area (Å²) in [7, 11) is -1.08. The molecule has 0 bridgehead atoms. The molecule has 100 valence electrons. The second-order valence-electron chi connectivity index (χ2n) is 6.35. The van der Waals surface area contributed by atoms with E-state index in [4.69, 9.17) is 0 Å². The maximum absolute atomic E-state index is 2.46. The van der Waals surface area contributed by atoms with Gasteiger partial charge in [0.25, 0.3) is 0 Å². The molecule has 0 spiro atoms. The van der Waals surface area contributed by atoms with Crippen molar-refractivity contribution in [2.45, 2.75) is 38.9 Å². The lowest BCUT2D eigenvalue weighted by Crippen LogP contribution is -2.15. The van der Waals surface area contributed by atoms with Gasteiger partial charge in [-0.1, -0.05) is 73.9 Å². The SMILES string of the molecule is C[Si](C)(C)/C=C/C1=C(/C=C/c2ccccc2)CCC1. The minimum atomic E-state index is -1.08. The summed E-state index contributed by atoms with van der Waals surface area (Å²) in [5.41, 5.74) is 6.83. The highest BCUT2D eigenvalue weighted by atomic mass is 28.3. The molecule has 19 heavy (non-hydrogen) atoms. The summed E-state index contributed by atoms with van der Waals surface area (Å²) in [6.45, 7) is 7.16. The predicted octanol–water partition coefficient (Wildman–Crippen LogP) is 5.61. The van der Waals surface area contributed by atoms with E-state index < -0.39 is 8.07 Å². The van der Waals surface area contributed by atoms with Crippen molar-refractivity contribution in [3.8, 4) is 0 Å². The lowest BCUT2D eigenvalue weighted by atomic mass is 10.1. The van der Waals surface area contributed by atoms with E-state index in [1.807, 2.05) is 0 Å². The lowest BCUT2D eigenvalue weighted by Gasteiger charge is -2.08. The van der Waals surface area contributed by atoms with Gasteiger partial charge in [0, 0.05) is 0 Å². The predicted molar refractivity (Wildman–Crippen MR) is 88.8 cm³/mol. The van der Waals surface area contributed by atoms with Gasteiger partial charge in [0.2, 0.25) is 0 Å². The van der Waals surface area contributed by atoms with Gasteiger partial charge in [-0.25, -0.2) is 0 Å². The highest BCUT2D eigenvalue weighted by molar-refractivity contribution is 6.81. The topological polar surface area (TPSA) is 0 Å². The van der Waals surface area contributed by atoms with Gasteiger partial charge < -0.3 is 0 Å². The molecule has 1 aromatic rings. The van der Waals surface area contributed by atoms with Gasteiger partial charge in [-0.2, -0.15) is 0 Å². The molecular weight excluding hydrogens is 244 g/mol. The molecule has 0 amide bonds. The van der Waals surface area contributed by atoms with Crippen LogP contribution in [-0.4, -0.2) is 8.07 Å². The summed E-state index contributed by atoms with van der Waals surface area (Å²) in [6.07, 6.45) is 10.7. The Morgan fingerprint density at radius 2 is 1.47 bits per heavy atom. The molecular formula is C18H24Si. The van der Waals surface area contributed by atoms with Crippen LogP contribution >= 0.6 is 0 Å². The van der Waals surface area contributed by atoms with Crippen molar-refractivity contribution in [2.24, 2.45) is 0 Å². The fraction of sp³-hybridized carbons (Fsp3) is 0.333. The number of benzene rings is 1. The number of rotatable bonds is 4. The van der Waals surface area contributed by atoms with Gasteiger partial charge >= 0.3 is 0 Å². The lowest BCUT2D eigenvalue weighted by molar-refractivity contribution is 0.907. The Hall–Kier alpha value is -1.34. The third-order valence-electron chi connectivity index (χ3n) is 3.37. The van der Waals surface area contributed by atoms with Crippen molar-refractivity contribution < 1.29 is 0 Å². The van der Waals surface area contributed by atoms with E-state index in [1.54, 1.807) is 5.57 Å². The molecule has 1 aromatic carbocycles. The molecule has 1 aliphatic rings. The minimum absolute atomic E-state index is 1.08. The molecule has 0 unspecified atom stereocenters. The molecule has 0 atom stereocenters. The van der Waals surface area contributed by atoms with E-state index in [1.165, 1.54) is 30.4 Å². The van der Waals surface area contributed by atoms with Crippen LogP contribution in [0, 0.1) is 0 Å². The summed E-state index contributed by atoms with van der Waals surface area (Å²) in [6, 6.07) is 10.6. The Bertz CT molecular complexity index is 498. The zero-order valence-electron chi connectivity index (χ0n) is 12.3. The summed E-state index contributed by atoms with van der Waals surface area (Å²) in [5, 5.41) is 0.